The number of nitrogens with two attached hydrogens (primary N) is 1. The second-order valence-corrected chi connectivity index (χ2v) is 5.53. The number of hydrazine groups is 1. The highest BCUT2D eigenvalue weighted by Crippen LogP contribution is 2.15. The maximum atomic E-state index is 13.3. The number of carbonyl (C=O) groups excluding carboxylic acids is 2. The predicted octanol–water partition coefficient (Wildman–Crippen LogP) is 0.0368. The molecule has 0 bridgehead atoms. The Bertz CT molecular complexity index is 534. The molecule has 1 heterocycles. The molecular formula is C12H14BrFN4O2. The molecule has 0 spiro atoms. The summed E-state index contributed by atoms with van der Waals surface area (Å²) in [7, 11) is 0. The Hall–Kier alpha value is -1.51. The van der Waals surface area contributed by atoms with Crippen LogP contribution in [0.25, 0.3) is 0 Å². The molecule has 0 aromatic heterocycles. The maximum Gasteiger partial charge on any atom is 0.251 e. The van der Waals surface area contributed by atoms with E-state index < -0.39 is 29.7 Å². The van der Waals surface area contributed by atoms with Crippen LogP contribution in [0.3, 0.4) is 0 Å². The normalized spacial score (nSPS) is 25.4. The van der Waals surface area contributed by atoms with Gasteiger partial charge >= 0.3 is 0 Å². The molecule has 0 saturated carbocycles. The van der Waals surface area contributed by atoms with Gasteiger partial charge in [-0.1, -0.05) is 15.9 Å². The van der Waals surface area contributed by atoms with E-state index in [0.717, 1.165) is 6.07 Å². The van der Waals surface area contributed by atoms with Crippen LogP contribution < -0.4 is 21.9 Å². The monoisotopic (exact) mass is 344 g/mol. The van der Waals surface area contributed by atoms with Crippen LogP contribution in [0.1, 0.15) is 17.3 Å². The fourth-order valence-corrected chi connectivity index (χ4v) is 2.53. The van der Waals surface area contributed by atoms with Gasteiger partial charge in [0.1, 0.15) is 11.9 Å². The summed E-state index contributed by atoms with van der Waals surface area (Å²) in [6.07, 6.45) is 0. The summed E-state index contributed by atoms with van der Waals surface area (Å²) >= 11 is 3.12. The molecule has 8 heteroatoms. The minimum atomic E-state index is -0.717. The quantitative estimate of drug-likeness (QED) is 0.622. The summed E-state index contributed by atoms with van der Waals surface area (Å²) in [4.78, 5) is 23.4. The molecule has 6 nitrogen and oxygen atoms in total. The molecule has 1 aliphatic rings. The Morgan fingerprint density at radius 1 is 1.35 bits per heavy atom. The standard InChI is InChI=1S/C12H14BrFN4O2/c1-5-9(10(11(15)19)18-17-5)16-12(20)6-2-7(13)4-8(14)3-6/h2-5,9-10,17-18H,1H3,(H2,15,19)(H,16,20). The van der Waals surface area contributed by atoms with Gasteiger partial charge in [0.2, 0.25) is 5.91 Å². The first-order valence-corrected chi connectivity index (χ1v) is 6.75. The van der Waals surface area contributed by atoms with Crippen LogP contribution in [0.2, 0.25) is 0 Å². The molecule has 1 saturated heterocycles. The SMILES string of the molecule is CC1NNC(C(N)=O)C1NC(=O)c1cc(F)cc(Br)c1. The van der Waals surface area contributed by atoms with E-state index in [2.05, 4.69) is 32.1 Å². The molecule has 1 fully saturated rings. The van der Waals surface area contributed by atoms with Gasteiger partial charge in [-0.15, -0.1) is 0 Å². The average Bonchev–Trinajstić information content (AvgIpc) is 2.70. The highest BCUT2D eigenvalue weighted by atomic mass is 79.9. The van der Waals surface area contributed by atoms with Gasteiger partial charge < -0.3 is 11.1 Å². The van der Waals surface area contributed by atoms with Crippen molar-refractivity contribution in [3.05, 3.63) is 34.1 Å². The molecule has 1 aliphatic heterocycles. The van der Waals surface area contributed by atoms with Gasteiger partial charge in [-0.3, -0.25) is 15.0 Å². The fourth-order valence-electron chi connectivity index (χ4n) is 2.07. The van der Waals surface area contributed by atoms with E-state index in [4.69, 9.17) is 5.73 Å². The van der Waals surface area contributed by atoms with Crippen molar-refractivity contribution >= 4 is 27.7 Å². The molecule has 20 heavy (non-hydrogen) atoms. The van der Waals surface area contributed by atoms with E-state index in [9.17, 15) is 14.0 Å². The molecule has 2 amide bonds. The summed E-state index contributed by atoms with van der Waals surface area (Å²) in [6, 6.07) is 2.46. The Kier molecular flexibility index (Phi) is 4.36. The van der Waals surface area contributed by atoms with Crippen molar-refractivity contribution < 1.29 is 14.0 Å². The number of benzene rings is 1. The molecule has 2 rings (SSSR count). The van der Waals surface area contributed by atoms with Gasteiger partial charge in [-0.2, -0.15) is 0 Å². The second-order valence-electron chi connectivity index (χ2n) is 4.61. The van der Waals surface area contributed by atoms with Crippen molar-refractivity contribution in [3.63, 3.8) is 0 Å². The van der Waals surface area contributed by atoms with E-state index in [1.807, 2.05) is 0 Å². The van der Waals surface area contributed by atoms with Gasteiger partial charge in [-0.05, 0) is 25.1 Å². The molecule has 3 unspecified atom stereocenters. The molecule has 1 aromatic rings. The lowest BCUT2D eigenvalue weighted by Gasteiger charge is -2.20. The molecule has 5 N–H and O–H groups in total. The first kappa shape index (κ1) is 14.9. The van der Waals surface area contributed by atoms with E-state index in [1.165, 1.54) is 12.1 Å². The van der Waals surface area contributed by atoms with Crippen LogP contribution in [0.4, 0.5) is 4.39 Å². The second kappa shape index (κ2) is 5.86. The summed E-state index contributed by atoms with van der Waals surface area (Å²) in [6.45, 7) is 1.79. The van der Waals surface area contributed by atoms with E-state index in [1.54, 1.807) is 6.92 Å². The van der Waals surface area contributed by atoms with Crippen molar-refractivity contribution in [2.75, 3.05) is 0 Å². The Balaban J connectivity index is 2.16. The van der Waals surface area contributed by atoms with Gasteiger partial charge in [0, 0.05) is 16.1 Å². The molecule has 3 atom stereocenters. The van der Waals surface area contributed by atoms with Gasteiger partial charge in [0.15, 0.2) is 0 Å². The Labute approximate surface area is 123 Å². The summed E-state index contributed by atoms with van der Waals surface area (Å²) in [5.74, 6) is -1.57. The fraction of sp³-hybridized carbons (Fsp3) is 0.333. The van der Waals surface area contributed by atoms with Gasteiger partial charge in [0.05, 0.1) is 6.04 Å². The van der Waals surface area contributed by atoms with Crippen molar-refractivity contribution in [3.8, 4) is 0 Å². The first-order chi connectivity index (χ1) is 9.38. The molecule has 108 valence electrons. The minimum Gasteiger partial charge on any atom is -0.368 e. The third-order valence-electron chi connectivity index (χ3n) is 3.09. The number of hydrogen-bond acceptors (Lipinski definition) is 4. The van der Waals surface area contributed by atoms with Crippen molar-refractivity contribution in [1.29, 1.82) is 0 Å². The lowest BCUT2D eigenvalue weighted by molar-refractivity contribution is -0.120. The van der Waals surface area contributed by atoms with Crippen LogP contribution in [0.5, 0.6) is 0 Å². The van der Waals surface area contributed by atoms with Gasteiger partial charge in [-0.25, -0.2) is 9.82 Å². The van der Waals surface area contributed by atoms with Crippen LogP contribution in [0, 0.1) is 5.82 Å². The third kappa shape index (κ3) is 3.14. The number of hydrogen-bond donors (Lipinski definition) is 4. The van der Waals surface area contributed by atoms with Crippen molar-refractivity contribution in [2.45, 2.75) is 25.0 Å². The van der Waals surface area contributed by atoms with Crippen molar-refractivity contribution in [1.82, 2.24) is 16.2 Å². The largest absolute Gasteiger partial charge is 0.368 e. The summed E-state index contributed by atoms with van der Waals surface area (Å²) < 4.78 is 13.7. The number of primary amides is 1. The van der Waals surface area contributed by atoms with Gasteiger partial charge in [0.25, 0.3) is 5.91 Å². The maximum absolute atomic E-state index is 13.3. The number of amides is 2. The van der Waals surface area contributed by atoms with E-state index in [0.29, 0.717) is 4.47 Å². The predicted molar refractivity (Wildman–Crippen MR) is 74.1 cm³/mol. The lowest BCUT2D eigenvalue weighted by atomic mass is 10.0. The topological polar surface area (TPSA) is 96.2 Å². The Morgan fingerprint density at radius 3 is 2.65 bits per heavy atom. The van der Waals surface area contributed by atoms with E-state index in [-0.39, 0.29) is 11.6 Å². The van der Waals surface area contributed by atoms with Crippen LogP contribution in [-0.2, 0) is 4.79 Å². The first-order valence-electron chi connectivity index (χ1n) is 5.96. The van der Waals surface area contributed by atoms with Crippen LogP contribution >= 0.6 is 15.9 Å². The zero-order valence-electron chi connectivity index (χ0n) is 10.6. The highest BCUT2D eigenvalue weighted by Gasteiger charge is 2.37. The highest BCUT2D eigenvalue weighted by molar-refractivity contribution is 9.10. The third-order valence-corrected chi connectivity index (χ3v) is 3.55. The molecule has 0 aliphatic carbocycles. The molecular weight excluding hydrogens is 331 g/mol. The lowest BCUT2D eigenvalue weighted by Crippen LogP contribution is -2.52. The number of rotatable bonds is 3. The minimum absolute atomic E-state index is 0.166. The number of carbonyl (C=O) groups is 2. The van der Waals surface area contributed by atoms with Crippen LogP contribution in [-0.4, -0.2) is 29.9 Å². The van der Waals surface area contributed by atoms with Crippen LogP contribution in [0.15, 0.2) is 22.7 Å². The molecule has 0 radical (unpaired) electrons. The van der Waals surface area contributed by atoms with E-state index >= 15 is 0 Å². The number of halogens is 2. The Morgan fingerprint density at radius 2 is 2.05 bits per heavy atom. The summed E-state index contributed by atoms with van der Waals surface area (Å²) in [5, 5.41) is 2.68. The molecule has 1 aromatic carbocycles. The zero-order chi connectivity index (χ0) is 14.9. The smallest absolute Gasteiger partial charge is 0.251 e. The number of nitrogens with one attached hydrogen (secondary N) is 3. The average molecular weight is 345 g/mol. The zero-order valence-corrected chi connectivity index (χ0v) is 12.2. The van der Waals surface area contributed by atoms with Crippen molar-refractivity contribution in [2.24, 2.45) is 5.73 Å². The summed E-state index contributed by atoms with van der Waals surface area (Å²) in [5.41, 5.74) is 11.0.